The molecule has 0 bridgehead atoms. The van der Waals surface area contributed by atoms with E-state index in [2.05, 4.69) is 177 Å². The Labute approximate surface area is 436 Å². The summed E-state index contributed by atoms with van der Waals surface area (Å²) in [5.41, 5.74) is 16.6. The minimum Gasteiger partial charge on any atom is -0.0579 e. The van der Waals surface area contributed by atoms with Gasteiger partial charge in [-0.1, -0.05) is 57.2 Å². The van der Waals surface area contributed by atoms with E-state index in [0.717, 1.165) is 60.2 Å². The molecule has 0 aliphatic heterocycles. The molecule has 3 aromatic heterocycles. The van der Waals surface area contributed by atoms with Crippen molar-refractivity contribution in [1.82, 2.24) is 18.7 Å². The van der Waals surface area contributed by atoms with E-state index in [-0.39, 0.29) is 11.0 Å². The normalized spacial score (nSPS) is 16.4. The number of nitrogens with zero attached hydrogens (tertiary/aromatic N) is 4. The van der Waals surface area contributed by atoms with Gasteiger partial charge in [-0.15, -0.1) is 0 Å². The number of rotatable bonds is 8. The van der Waals surface area contributed by atoms with Crippen LogP contribution in [0.25, 0.3) is 83.4 Å². The van der Waals surface area contributed by atoms with Gasteiger partial charge in [0.1, 0.15) is 0 Å². The molecule has 8 aromatic carbocycles. The second kappa shape index (κ2) is 17.8. The van der Waals surface area contributed by atoms with Crippen LogP contribution in [0.3, 0.4) is 0 Å². The number of ether oxygens (including phenoxy) is 1. The second-order valence-electron chi connectivity index (χ2n) is 20.5. The summed E-state index contributed by atoms with van der Waals surface area (Å²) in [6.07, 6.45) is 7.85. The summed E-state index contributed by atoms with van der Waals surface area (Å²) in [4.78, 5) is 4.98. The van der Waals surface area contributed by atoms with Gasteiger partial charge in [-0.3, -0.25) is 0 Å². The first kappa shape index (κ1) is 41.3. The Kier molecular flexibility index (Phi) is 10.2. The van der Waals surface area contributed by atoms with Crippen LogP contribution in [0.5, 0.6) is 11.5 Å². The summed E-state index contributed by atoms with van der Waals surface area (Å²) in [6.45, 7) is 4.11. The molecule has 2 atom stereocenters. The summed E-state index contributed by atoms with van der Waals surface area (Å²) >= 11 is 2.52. The van der Waals surface area contributed by atoms with Crippen LogP contribution in [-0.2, 0) is 31.2 Å². The Morgan fingerprint density at radius 3 is 2.08 bits per heavy atom. The first-order valence-electron chi connectivity index (χ1n) is 26.7. The molecule has 0 amide bonds. The standard InChI is InChI=1S/C66H54N4O.Pt/c1-43-37-63(67-41-58(43)46-29-32-48(33-30-46)66(2,3)4)70-59-26-12-11-24-53(59)54-36-34-51(39-62(54)70)71-50-23-16-22-49(38-50)68-42-69(61-28-14-13-27-60(61)68)65-56(44-17-7-5-8-18-44)40-57-52-25-15-21-45(52)31-35-55(57)64(65)47-19-9-6-10-20-47;/h5-14,16-20,22-24,26-30,32-34,36-37,40-41,45,52H,15,21,25,31,35H2,1-4H3;/q-2;/i1D3;. The molecule has 72 heavy (non-hydrogen) atoms. The zero-order valence-corrected chi connectivity index (χ0v) is 42.8. The van der Waals surface area contributed by atoms with Crippen molar-refractivity contribution in [3.63, 3.8) is 0 Å². The molecule has 3 heterocycles. The third-order valence-electron chi connectivity index (χ3n) is 15.3. The zero-order chi connectivity index (χ0) is 51.2. The Bertz CT molecular complexity index is 4070. The van der Waals surface area contributed by atoms with Gasteiger partial charge >= 0.3 is 337 Å². The Morgan fingerprint density at radius 2 is 1.32 bits per heavy atom. The smallest absolute Gasteiger partial charge is 0.0579 e. The van der Waals surface area contributed by atoms with Gasteiger partial charge in [-0.05, 0) is 29.0 Å². The van der Waals surface area contributed by atoms with Crippen LogP contribution < -0.4 is 4.74 Å². The minimum absolute atomic E-state index is 0.0353. The van der Waals surface area contributed by atoms with Gasteiger partial charge < -0.3 is 0 Å². The van der Waals surface area contributed by atoms with E-state index in [1.165, 1.54) is 70.3 Å². The van der Waals surface area contributed by atoms with E-state index in [0.29, 0.717) is 28.8 Å². The molecule has 6 heteroatoms. The molecule has 0 spiro atoms. The van der Waals surface area contributed by atoms with Crippen molar-refractivity contribution in [2.24, 2.45) is 5.92 Å². The number of para-hydroxylation sites is 3. The molecule has 11 aromatic rings. The van der Waals surface area contributed by atoms with Crippen LogP contribution >= 0.6 is 0 Å². The van der Waals surface area contributed by atoms with Gasteiger partial charge in [-0.25, -0.2) is 0 Å². The monoisotopic (exact) mass is 1120 g/mol. The first-order chi connectivity index (χ1) is 36.4. The van der Waals surface area contributed by atoms with Crippen molar-refractivity contribution in [3.05, 3.63) is 220 Å². The number of pyridine rings is 1. The third-order valence-corrected chi connectivity index (χ3v) is 16.3. The van der Waals surface area contributed by atoms with Crippen molar-refractivity contribution in [2.45, 2.75) is 71.1 Å². The fourth-order valence-corrected chi connectivity index (χ4v) is 12.9. The molecule has 1 saturated carbocycles. The van der Waals surface area contributed by atoms with E-state index >= 15 is 0 Å². The fourth-order valence-electron chi connectivity index (χ4n) is 11.9. The number of fused-ring (bicyclic) bond motifs is 7. The van der Waals surface area contributed by atoms with Crippen LogP contribution in [0.15, 0.2) is 182 Å². The predicted octanol–water partition coefficient (Wildman–Crippen LogP) is 16.8. The van der Waals surface area contributed by atoms with Crippen LogP contribution in [-0.4, -0.2) is 18.7 Å². The number of hydrogen-bond donors (Lipinski definition) is 0. The molecule has 5 nitrogen and oxygen atoms in total. The van der Waals surface area contributed by atoms with Crippen LogP contribution in [0.4, 0.5) is 0 Å². The molecule has 0 N–H and O–H groups in total. The molecular weight excluding hydrogens is 1060 g/mol. The number of hydrogen-bond acceptors (Lipinski definition) is 2. The topological polar surface area (TPSA) is 36.9 Å². The van der Waals surface area contributed by atoms with Crippen LogP contribution in [0, 0.1) is 28.7 Å². The van der Waals surface area contributed by atoms with Gasteiger partial charge in [0.25, 0.3) is 0 Å². The number of aryl methyl sites for hydroxylation is 1. The summed E-state index contributed by atoms with van der Waals surface area (Å²) in [5, 5.41) is 1.95. The maximum atomic E-state index is 8.70. The van der Waals surface area contributed by atoms with Crippen molar-refractivity contribution in [3.8, 4) is 62.1 Å². The molecule has 2 unspecified atom stereocenters. The third kappa shape index (κ3) is 7.55. The SMILES string of the molecule is [2H]C([2H])([2H])c1cc(-n2c3[c-]c(Oc4[c-]c(-n5[c](=[Pt])n(-c6c(-c7ccccc7)cc7c(c6-c6ccccc6)CCC6CCCC76)c6ccccc65)ccc4)ccc3c3ccccc32)ncc1-c1ccc(C(C)(C)C)cc1. The molecule has 0 radical (unpaired) electrons. The summed E-state index contributed by atoms with van der Waals surface area (Å²) in [7, 11) is 0. The van der Waals surface area contributed by atoms with Gasteiger partial charge in [0.2, 0.25) is 0 Å². The van der Waals surface area contributed by atoms with E-state index < -0.39 is 6.85 Å². The molecule has 1 fully saturated rings. The molecule has 356 valence electrons. The van der Waals surface area contributed by atoms with Gasteiger partial charge in [0, 0.05) is 15.9 Å². The molecule has 2 aliphatic carbocycles. The number of benzene rings is 8. The molecule has 2 aliphatic rings. The minimum atomic E-state index is -2.40. The summed E-state index contributed by atoms with van der Waals surface area (Å²) in [5.74, 6) is 2.84. The van der Waals surface area contributed by atoms with Crippen LogP contribution in [0.1, 0.15) is 78.7 Å². The van der Waals surface area contributed by atoms with Gasteiger partial charge in [0.05, 0.1) is 0 Å². The quantitative estimate of drug-likeness (QED) is 0.142. The fraction of sp³-hybridized carbons (Fsp3) is 0.182. The Balaban J connectivity index is 0.933. The number of aromatic nitrogens is 4. The summed E-state index contributed by atoms with van der Waals surface area (Å²) in [6, 6.07) is 68.5. The van der Waals surface area contributed by atoms with E-state index in [9.17, 15) is 0 Å². The van der Waals surface area contributed by atoms with Gasteiger partial charge in [0.15, 0.2) is 0 Å². The zero-order valence-electron chi connectivity index (χ0n) is 43.5. The van der Waals surface area contributed by atoms with Crippen molar-refractivity contribution in [2.75, 3.05) is 0 Å². The maximum absolute atomic E-state index is 8.70. The average Bonchev–Trinajstić information content (AvgIpc) is 4.14. The van der Waals surface area contributed by atoms with E-state index in [1.807, 2.05) is 59.2 Å². The second-order valence-corrected chi connectivity index (χ2v) is 21.6. The molecule has 13 rings (SSSR count). The van der Waals surface area contributed by atoms with Crippen molar-refractivity contribution >= 4 is 32.8 Å². The van der Waals surface area contributed by atoms with E-state index in [4.69, 9.17) is 13.8 Å². The van der Waals surface area contributed by atoms with E-state index in [1.54, 1.807) is 12.3 Å². The Morgan fingerprint density at radius 1 is 0.625 bits per heavy atom. The number of imidazole rings is 1. The predicted molar refractivity (Wildman–Crippen MR) is 290 cm³/mol. The molecular formula is C66H54N4OPt-2. The Hall–Kier alpha value is -7.33. The van der Waals surface area contributed by atoms with Crippen molar-refractivity contribution < 1.29 is 28.2 Å². The average molecular weight is 1120 g/mol. The molecule has 0 saturated heterocycles. The van der Waals surface area contributed by atoms with Gasteiger partial charge in [-0.2, -0.15) is 0 Å². The first-order valence-corrected chi connectivity index (χ1v) is 26.3. The van der Waals surface area contributed by atoms with Crippen LogP contribution in [0.2, 0.25) is 0 Å². The summed E-state index contributed by atoms with van der Waals surface area (Å²) < 4.78 is 40.6. The van der Waals surface area contributed by atoms with Crippen molar-refractivity contribution in [1.29, 1.82) is 0 Å².